The minimum Gasteiger partial charge on any atom is -0.338 e. The summed E-state index contributed by atoms with van der Waals surface area (Å²) in [6.07, 6.45) is 3.83. The van der Waals surface area contributed by atoms with Crippen LogP contribution >= 0.6 is 0 Å². The van der Waals surface area contributed by atoms with E-state index in [-0.39, 0.29) is 5.91 Å². The number of fused-ring (bicyclic) bond motifs is 1. The van der Waals surface area contributed by atoms with Crippen LogP contribution in [-0.4, -0.2) is 41.4 Å². The zero-order valence-corrected chi connectivity index (χ0v) is 17.4. The van der Waals surface area contributed by atoms with Gasteiger partial charge in [-0.2, -0.15) is 0 Å². The van der Waals surface area contributed by atoms with Gasteiger partial charge in [-0.3, -0.25) is 4.79 Å². The molecule has 2 heterocycles. The van der Waals surface area contributed by atoms with Gasteiger partial charge in [-0.1, -0.05) is 49.4 Å². The molecule has 0 spiro atoms. The van der Waals surface area contributed by atoms with E-state index in [0.29, 0.717) is 5.92 Å². The lowest BCUT2D eigenvalue weighted by Crippen LogP contribution is -2.36. The van der Waals surface area contributed by atoms with E-state index in [0.717, 1.165) is 25.6 Å². The number of benzene rings is 2. The Labute approximate surface area is 169 Å². The third-order valence-electron chi connectivity index (χ3n) is 6.64. The van der Waals surface area contributed by atoms with Gasteiger partial charge in [-0.15, -0.1) is 0 Å². The van der Waals surface area contributed by atoms with Gasteiger partial charge in [0.2, 0.25) is 5.91 Å². The maximum atomic E-state index is 11.8. The van der Waals surface area contributed by atoms with Crippen LogP contribution < -0.4 is 0 Å². The fourth-order valence-corrected chi connectivity index (χ4v) is 4.78. The predicted octanol–water partition coefficient (Wildman–Crippen LogP) is 4.85. The van der Waals surface area contributed by atoms with Gasteiger partial charge in [0.05, 0.1) is 0 Å². The van der Waals surface area contributed by atoms with E-state index in [9.17, 15) is 4.79 Å². The van der Waals surface area contributed by atoms with Crippen molar-refractivity contribution < 1.29 is 4.79 Å². The second-order valence-electron chi connectivity index (χ2n) is 8.69. The van der Waals surface area contributed by atoms with Crippen LogP contribution in [0.2, 0.25) is 0 Å². The van der Waals surface area contributed by atoms with Crippen LogP contribution in [-0.2, 0) is 17.8 Å². The van der Waals surface area contributed by atoms with Crippen molar-refractivity contribution in [2.75, 3.05) is 19.6 Å². The highest BCUT2D eigenvalue weighted by Crippen LogP contribution is 2.32. The first-order valence-electron chi connectivity index (χ1n) is 10.7. The second kappa shape index (κ2) is 8.08. The average Bonchev–Trinajstić information content (AvgIpc) is 3.11. The number of carbonyl (C=O) groups excluding carboxylic acids is 1. The molecule has 2 unspecified atom stereocenters. The van der Waals surface area contributed by atoms with E-state index in [4.69, 9.17) is 0 Å². The highest BCUT2D eigenvalue weighted by Gasteiger charge is 2.24. The predicted molar refractivity (Wildman–Crippen MR) is 115 cm³/mol. The molecule has 2 aromatic rings. The SMILES string of the molecule is CC(=O)N1Cc2ccc(-c3ccc(CCN4CCCC4C)cc3)cc2C(C)C1. The van der Waals surface area contributed by atoms with E-state index < -0.39 is 0 Å². The first-order valence-corrected chi connectivity index (χ1v) is 10.7. The normalized spacial score (nSPS) is 22.3. The van der Waals surface area contributed by atoms with Crippen LogP contribution in [0.25, 0.3) is 11.1 Å². The fraction of sp³-hybridized carbons (Fsp3) is 0.480. The molecular weight excluding hydrogens is 344 g/mol. The van der Waals surface area contributed by atoms with Crippen LogP contribution in [0, 0.1) is 0 Å². The van der Waals surface area contributed by atoms with Crippen molar-refractivity contribution >= 4 is 5.91 Å². The number of likely N-dealkylation sites (tertiary alicyclic amines) is 1. The fourth-order valence-electron chi connectivity index (χ4n) is 4.78. The minimum atomic E-state index is 0.167. The molecule has 3 nitrogen and oxygen atoms in total. The molecule has 2 atom stereocenters. The van der Waals surface area contributed by atoms with Gasteiger partial charge < -0.3 is 9.80 Å². The number of hydrogen-bond donors (Lipinski definition) is 0. The molecule has 0 bridgehead atoms. The third kappa shape index (κ3) is 4.00. The lowest BCUT2D eigenvalue weighted by molar-refractivity contribution is -0.130. The first kappa shape index (κ1) is 19.2. The lowest BCUT2D eigenvalue weighted by Gasteiger charge is -2.32. The highest BCUT2D eigenvalue weighted by molar-refractivity contribution is 5.74. The van der Waals surface area contributed by atoms with Crippen LogP contribution in [0.3, 0.4) is 0 Å². The molecular formula is C25H32N2O. The summed E-state index contributed by atoms with van der Waals surface area (Å²) in [6, 6.07) is 16.6. The summed E-state index contributed by atoms with van der Waals surface area (Å²) in [5.41, 5.74) is 6.66. The molecule has 0 aliphatic carbocycles. The van der Waals surface area contributed by atoms with Crippen molar-refractivity contribution in [3.63, 3.8) is 0 Å². The Morgan fingerprint density at radius 3 is 2.50 bits per heavy atom. The maximum Gasteiger partial charge on any atom is 0.219 e. The summed E-state index contributed by atoms with van der Waals surface area (Å²) in [5.74, 6) is 0.551. The molecule has 1 amide bonds. The number of carbonyl (C=O) groups is 1. The molecule has 148 valence electrons. The molecule has 0 radical (unpaired) electrons. The standard InChI is InChI=1S/C25H32N2O/c1-18-16-27(20(3)28)17-24-11-10-23(15-25(18)24)22-8-6-21(7-9-22)12-14-26-13-4-5-19(26)2/h6-11,15,18-19H,4-5,12-14,16-17H2,1-3H3. The van der Waals surface area contributed by atoms with Crippen LogP contribution in [0.5, 0.6) is 0 Å². The van der Waals surface area contributed by atoms with Gasteiger partial charge in [-0.05, 0) is 66.5 Å². The number of nitrogens with zero attached hydrogens (tertiary/aromatic N) is 2. The van der Waals surface area contributed by atoms with Crippen molar-refractivity contribution in [1.82, 2.24) is 9.80 Å². The summed E-state index contributed by atoms with van der Waals surface area (Å²) in [4.78, 5) is 16.3. The van der Waals surface area contributed by atoms with Crippen LogP contribution in [0.1, 0.15) is 56.2 Å². The third-order valence-corrected chi connectivity index (χ3v) is 6.64. The smallest absolute Gasteiger partial charge is 0.219 e. The van der Waals surface area contributed by atoms with Crippen molar-refractivity contribution in [3.05, 3.63) is 59.2 Å². The summed E-state index contributed by atoms with van der Waals surface area (Å²) >= 11 is 0. The minimum absolute atomic E-state index is 0.167. The van der Waals surface area contributed by atoms with Gasteiger partial charge in [-0.25, -0.2) is 0 Å². The van der Waals surface area contributed by atoms with Crippen molar-refractivity contribution in [2.45, 2.75) is 58.5 Å². The van der Waals surface area contributed by atoms with Gasteiger partial charge in [0.15, 0.2) is 0 Å². The Balaban J connectivity index is 1.46. The van der Waals surface area contributed by atoms with Crippen LogP contribution in [0.4, 0.5) is 0 Å². The number of rotatable bonds is 4. The van der Waals surface area contributed by atoms with Crippen molar-refractivity contribution in [1.29, 1.82) is 0 Å². The number of hydrogen-bond acceptors (Lipinski definition) is 2. The van der Waals surface area contributed by atoms with Crippen LogP contribution in [0.15, 0.2) is 42.5 Å². The Morgan fingerprint density at radius 2 is 1.82 bits per heavy atom. The van der Waals surface area contributed by atoms with Gasteiger partial charge in [0.1, 0.15) is 0 Å². The van der Waals surface area contributed by atoms with Gasteiger partial charge in [0.25, 0.3) is 0 Å². The molecule has 0 N–H and O–H groups in total. The van der Waals surface area contributed by atoms with E-state index in [2.05, 4.69) is 61.2 Å². The molecule has 4 rings (SSSR count). The van der Waals surface area contributed by atoms with E-state index in [1.807, 2.05) is 4.90 Å². The average molecular weight is 377 g/mol. The molecule has 28 heavy (non-hydrogen) atoms. The largest absolute Gasteiger partial charge is 0.338 e. The molecule has 2 aliphatic heterocycles. The molecule has 0 saturated carbocycles. The van der Waals surface area contributed by atoms with Gasteiger partial charge >= 0.3 is 0 Å². The quantitative estimate of drug-likeness (QED) is 0.762. The Hall–Kier alpha value is -2.13. The Morgan fingerprint density at radius 1 is 1.07 bits per heavy atom. The van der Waals surface area contributed by atoms with Crippen molar-refractivity contribution in [3.8, 4) is 11.1 Å². The zero-order valence-electron chi connectivity index (χ0n) is 17.4. The molecule has 1 fully saturated rings. The molecule has 0 aromatic heterocycles. The molecule has 2 aliphatic rings. The van der Waals surface area contributed by atoms with E-state index in [1.165, 1.54) is 53.7 Å². The molecule has 2 aromatic carbocycles. The lowest BCUT2D eigenvalue weighted by atomic mass is 9.88. The van der Waals surface area contributed by atoms with Gasteiger partial charge in [0, 0.05) is 32.6 Å². The summed E-state index contributed by atoms with van der Waals surface area (Å²) in [7, 11) is 0. The summed E-state index contributed by atoms with van der Waals surface area (Å²) < 4.78 is 0. The van der Waals surface area contributed by atoms with E-state index >= 15 is 0 Å². The maximum absolute atomic E-state index is 11.8. The second-order valence-corrected chi connectivity index (χ2v) is 8.69. The summed E-state index contributed by atoms with van der Waals surface area (Å²) in [5, 5.41) is 0. The molecule has 1 saturated heterocycles. The Kier molecular flexibility index (Phi) is 5.54. The topological polar surface area (TPSA) is 23.6 Å². The Bertz CT molecular complexity index is 842. The zero-order chi connectivity index (χ0) is 19.7. The van der Waals surface area contributed by atoms with E-state index in [1.54, 1.807) is 6.92 Å². The number of amides is 1. The monoisotopic (exact) mass is 376 g/mol. The van der Waals surface area contributed by atoms with Crippen molar-refractivity contribution in [2.24, 2.45) is 0 Å². The molecule has 3 heteroatoms. The highest BCUT2D eigenvalue weighted by atomic mass is 16.2. The summed E-state index contributed by atoms with van der Waals surface area (Å²) in [6.45, 7) is 10.2. The first-order chi connectivity index (χ1) is 13.5.